The highest BCUT2D eigenvalue weighted by atomic mass is 31.2. The molecule has 0 saturated heterocycles. The molecule has 0 aliphatic heterocycles. The van der Waals surface area contributed by atoms with Crippen molar-refractivity contribution in [3.8, 4) is 0 Å². The van der Waals surface area contributed by atoms with Crippen LogP contribution in [0.1, 0.15) is 58.3 Å². The quantitative estimate of drug-likeness (QED) is 0.200. The highest BCUT2D eigenvalue weighted by Gasteiger charge is 2.11. The Balaban J connectivity index is 3.48. The van der Waals surface area contributed by atoms with Crippen LogP contribution in [0.25, 0.3) is 0 Å². The van der Waals surface area contributed by atoms with Crippen LogP contribution in [0.3, 0.4) is 0 Å². The first-order valence-corrected chi connectivity index (χ1v) is 11.1. The second kappa shape index (κ2) is 17.4. The molecule has 152 valence electrons. The smallest absolute Gasteiger partial charge is 0.325 e. The Morgan fingerprint density at radius 2 is 1.44 bits per heavy atom. The van der Waals surface area contributed by atoms with Crippen molar-refractivity contribution in [3.05, 3.63) is 0 Å². The molecule has 0 aromatic rings. The summed E-state index contributed by atoms with van der Waals surface area (Å²) in [5, 5.41) is 0. The summed E-state index contributed by atoms with van der Waals surface area (Å²) in [6, 6.07) is 0. The van der Waals surface area contributed by atoms with Crippen LogP contribution in [-0.4, -0.2) is 62.4 Å². The summed E-state index contributed by atoms with van der Waals surface area (Å²) < 4.78 is 32.3. The van der Waals surface area contributed by atoms with E-state index in [1.54, 1.807) is 7.11 Å². The van der Waals surface area contributed by atoms with Gasteiger partial charge in [0.2, 0.25) is 0 Å². The maximum absolute atomic E-state index is 10.7. The molecule has 7 nitrogen and oxygen atoms in total. The minimum atomic E-state index is -3.81. The molecule has 0 radical (unpaired) electrons. The molecule has 0 aromatic heterocycles. The Morgan fingerprint density at radius 1 is 0.840 bits per heavy atom. The first-order valence-electron chi connectivity index (χ1n) is 9.34. The number of methoxy groups -OCH3 is 1. The van der Waals surface area contributed by atoms with Gasteiger partial charge in [0.05, 0.1) is 26.4 Å². The van der Waals surface area contributed by atoms with E-state index in [0.29, 0.717) is 39.5 Å². The van der Waals surface area contributed by atoms with Gasteiger partial charge < -0.3 is 28.7 Å². The predicted octanol–water partition coefficient (Wildman–Crippen LogP) is 3.33. The first kappa shape index (κ1) is 25.0. The van der Waals surface area contributed by atoms with Gasteiger partial charge in [0.25, 0.3) is 0 Å². The molecule has 0 aromatic carbocycles. The summed E-state index contributed by atoms with van der Waals surface area (Å²) in [7, 11) is -2.16. The van der Waals surface area contributed by atoms with Gasteiger partial charge in [0.15, 0.2) is 6.29 Å². The van der Waals surface area contributed by atoms with Gasteiger partial charge >= 0.3 is 7.60 Å². The standard InChI is InChI=1S/C17H37O7P/c1-3-23-17(24-15-14-22-13-12-21-2)11-9-7-5-4-6-8-10-16-25(18,19)20/h17H,3-16H2,1-2H3,(H2,18,19,20). The lowest BCUT2D eigenvalue weighted by atomic mass is 10.1. The lowest BCUT2D eigenvalue weighted by Crippen LogP contribution is -2.20. The van der Waals surface area contributed by atoms with Crippen LogP contribution in [-0.2, 0) is 23.5 Å². The van der Waals surface area contributed by atoms with Gasteiger partial charge in [-0.1, -0.05) is 32.1 Å². The summed E-state index contributed by atoms with van der Waals surface area (Å²) in [5.41, 5.74) is 0. The highest BCUT2D eigenvalue weighted by Crippen LogP contribution is 2.35. The molecule has 8 heteroatoms. The fraction of sp³-hybridized carbons (Fsp3) is 1.00. The fourth-order valence-electron chi connectivity index (χ4n) is 2.40. The van der Waals surface area contributed by atoms with Crippen LogP contribution in [0.4, 0.5) is 0 Å². The zero-order valence-electron chi connectivity index (χ0n) is 15.9. The Labute approximate surface area is 152 Å². The van der Waals surface area contributed by atoms with Gasteiger partial charge in [-0.3, -0.25) is 4.57 Å². The summed E-state index contributed by atoms with van der Waals surface area (Å²) in [6.07, 6.45) is 7.66. The molecule has 0 saturated carbocycles. The maximum atomic E-state index is 10.7. The summed E-state index contributed by atoms with van der Waals surface area (Å²) >= 11 is 0. The molecule has 0 rings (SSSR count). The van der Waals surface area contributed by atoms with E-state index in [2.05, 4.69) is 0 Å². The minimum Gasteiger partial charge on any atom is -0.382 e. The zero-order chi connectivity index (χ0) is 18.8. The third-order valence-corrected chi connectivity index (χ3v) is 4.60. The summed E-state index contributed by atoms with van der Waals surface area (Å²) in [5.74, 6) is 0. The van der Waals surface area contributed by atoms with E-state index in [0.717, 1.165) is 44.9 Å². The third kappa shape index (κ3) is 20.2. The Hall–Kier alpha value is -0.0100. The largest absolute Gasteiger partial charge is 0.382 e. The van der Waals surface area contributed by atoms with Gasteiger partial charge in [-0.2, -0.15) is 0 Å². The zero-order valence-corrected chi connectivity index (χ0v) is 16.8. The van der Waals surface area contributed by atoms with Crippen molar-refractivity contribution in [2.75, 3.05) is 46.3 Å². The van der Waals surface area contributed by atoms with E-state index in [-0.39, 0.29) is 12.5 Å². The van der Waals surface area contributed by atoms with Crippen LogP contribution < -0.4 is 0 Å². The topological polar surface area (TPSA) is 94.5 Å². The van der Waals surface area contributed by atoms with Crippen LogP contribution in [0.2, 0.25) is 0 Å². The lowest BCUT2D eigenvalue weighted by molar-refractivity contribution is -0.152. The second-order valence-electron chi connectivity index (χ2n) is 6.01. The van der Waals surface area contributed by atoms with E-state index in [1.807, 2.05) is 6.92 Å². The van der Waals surface area contributed by atoms with Gasteiger partial charge in [-0.05, 0) is 26.2 Å². The minimum absolute atomic E-state index is 0.00948. The van der Waals surface area contributed by atoms with E-state index in [1.165, 1.54) is 0 Å². The molecule has 0 aliphatic carbocycles. The number of ether oxygens (including phenoxy) is 4. The van der Waals surface area contributed by atoms with Crippen molar-refractivity contribution in [3.63, 3.8) is 0 Å². The molecule has 0 spiro atoms. The SMILES string of the molecule is CCOC(CCCCCCCCCP(=O)(O)O)OCCOCCOC. The molecular formula is C17H37O7P. The Morgan fingerprint density at radius 3 is 2.04 bits per heavy atom. The molecule has 0 amide bonds. The predicted molar refractivity (Wildman–Crippen MR) is 97.9 cm³/mol. The Kier molecular flexibility index (Phi) is 17.4. The fourth-order valence-corrected chi connectivity index (χ4v) is 3.03. The molecule has 0 heterocycles. The van der Waals surface area contributed by atoms with Crippen LogP contribution in [0.15, 0.2) is 0 Å². The molecule has 0 bridgehead atoms. The second-order valence-corrected chi connectivity index (χ2v) is 7.79. The van der Waals surface area contributed by atoms with Crippen LogP contribution >= 0.6 is 7.60 Å². The molecule has 25 heavy (non-hydrogen) atoms. The van der Waals surface area contributed by atoms with Gasteiger partial charge in [0, 0.05) is 19.9 Å². The molecule has 1 atom stereocenters. The number of hydrogen-bond donors (Lipinski definition) is 2. The average Bonchev–Trinajstić information content (AvgIpc) is 2.55. The van der Waals surface area contributed by atoms with Crippen molar-refractivity contribution in [1.82, 2.24) is 0 Å². The van der Waals surface area contributed by atoms with Crippen molar-refractivity contribution >= 4 is 7.60 Å². The van der Waals surface area contributed by atoms with Crippen LogP contribution in [0.5, 0.6) is 0 Å². The van der Waals surface area contributed by atoms with Crippen molar-refractivity contribution < 1.29 is 33.3 Å². The summed E-state index contributed by atoms with van der Waals surface area (Å²) in [6.45, 7) is 4.83. The maximum Gasteiger partial charge on any atom is 0.325 e. The lowest BCUT2D eigenvalue weighted by Gasteiger charge is -2.17. The number of rotatable bonds is 19. The van der Waals surface area contributed by atoms with Gasteiger partial charge in [-0.15, -0.1) is 0 Å². The third-order valence-electron chi connectivity index (χ3n) is 3.70. The van der Waals surface area contributed by atoms with E-state index in [4.69, 9.17) is 28.7 Å². The molecule has 2 N–H and O–H groups in total. The highest BCUT2D eigenvalue weighted by molar-refractivity contribution is 7.51. The van der Waals surface area contributed by atoms with E-state index < -0.39 is 7.60 Å². The van der Waals surface area contributed by atoms with Gasteiger partial charge in [-0.25, -0.2) is 0 Å². The normalized spacial score (nSPS) is 13.3. The van der Waals surface area contributed by atoms with E-state index in [9.17, 15) is 4.57 Å². The Bertz CT molecular complexity index is 322. The van der Waals surface area contributed by atoms with Gasteiger partial charge in [0.1, 0.15) is 0 Å². The molecule has 0 fully saturated rings. The average molecular weight is 384 g/mol. The first-order chi connectivity index (χ1) is 12.0. The molecule has 1 unspecified atom stereocenters. The number of unbranched alkanes of at least 4 members (excludes halogenated alkanes) is 6. The van der Waals surface area contributed by atoms with Crippen molar-refractivity contribution in [2.45, 2.75) is 64.6 Å². The summed E-state index contributed by atoms with van der Waals surface area (Å²) in [4.78, 5) is 17.6. The van der Waals surface area contributed by atoms with Crippen LogP contribution in [0, 0.1) is 0 Å². The van der Waals surface area contributed by atoms with E-state index >= 15 is 0 Å². The van der Waals surface area contributed by atoms with Crippen molar-refractivity contribution in [1.29, 1.82) is 0 Å². The number of hydrogen-bond acceptors (Lipinski definition) is 5. The van der Waals surface area contributed by atoms with Crippen molar-refractivity contribution in [2.24, 2.45) is 0 Å². The molecule has 0 aliphatic rings. The molecular weight excluding hydrogens is 347 g/mol. The monoisotopic (exact) mass is 384 g/mol.